The fourth-order valence-electron chi connectivity index (χ4n) is 3.62. The molecular formula is C14H25NO3. The van der Waals surface area contributed by atoms with Crippen LogP contribution in [-0.2, 0) is 9.47 Å². The molecule has 4 heteroatoms. The van der Waals surface area contributed by atoms with E-state index in [4.69, 9.17) is 9.47 Å². The standard InChI is InChI=1S/C14H25NO3/c16-13-3-1-2-11(13)10-15-12-4-6-14(7-5-12)17-8-9-18-14/h11-13,15-16H,1-10H2. The van der Waals surface area contributed by atoms with Crippen molar-refractivity contribution in [1.82, 2.24) is 5.32 Å². The topological polar surface area (TPSA) is 50.7 Å². The summed E-state index contributed by atoms with van der Waals surface area (Å²) in [5.74, 6) is 0.227. The highest BCUT2D eigenvalue weighted by Crippen LogP contribution is 2.36. The summed E-state index contributed by atoms with van der Waals surface area (Å²) >= 11 is 0. The SMILES string of the molecule is OC1CCCC1CNC1CCC2(CC1)OCCO2. The molecule has 2 N–H and O–H groups in total. The van der Waals surface area contributed by atoms with E-state index in [0.717, 1.165) is 51.9 Å². The molecule has 1 heterocycles. The Hall–Kier alpha value is -0.160. The van der Waals surface area contributed by atoms with Gasteiger partial charge in [0.15, 0.2) is 5.79 Å². The smallest absolute Gasteiger partial charge is 0.168 e. The van der Waals surface area contributed by atoms with Crippen molar-refractivity contribution in [3.8, 4) is 0 Å². The first-order valence-electron chi connectivity index (χ1n) is 7.47. The van der Waals surface area contributed by atoms with Gasteiger partial charge in [0.1, 0.15) is 0 Å². The van der Waals surface area contributed by atoms with Crippen molar-refractivity contribution < 1.29 is 14.6 Å². The van der Waals surface area contributed by atoms with Crippen LogP contribution in [0.1, 0.15) is 44.9 Å². The van der Waals surface area contributed by atoms with Gasteiger partial charge in [-0.1, -0.05) is 6.42 Å². The Bertz CT molecular complexity index is 268. The van der Waals surface area contributed by atoms with Crippen LogP contribution >= 0.6 is 0 Å². The van der Waals surface area contributed by atoms with E-state index in [0.29, 0.717) is 12.0 Å². The molecule has 1 aliphatic heterocycles. The van der Waals surface area contributed by atoms with E-state index >= 15 is 0 Å². The highest BCUT2D eigenvalue weighted by Gasteiger charge is 2.40. The molecule has 0 amide bonds. The van der Waals surface area contributed by atoms with E-state index in [-0.39, 0.29) is 11.9 Å². The van der Waals surface area contributed by atoms with E-state index in [1.165, 1.54) is 12.8 Å². The molecule has 0 aromatic heterocycles. The summed E-state index contributed by atoms with van der Waals surface area (Å²) in [5, 5.41) is 13.4. The van der Waals surface area contributed by atoms with Gasteiger partial charge >= 0.3 is 0 Å². The molecule has 0 aromatic rings. The lowest BCUT2D eigenvalue weighted by Crippen LogP contribution is -2.43. The monoisotopic (exact) mass is 255 g/mol. The van der Waals surface area contributed by atoms with Gasteiger partial charge in [-0.05, 0) is 31.6 Å². The Morgan fingerprint density at radius 3 is 2.39 bits per heavy atom. The lowest BCUT2D eigenvalue weighted by atomic mass is 9.89. The molecule has 0 aromatic carbocycles. The van der Waals surface area contributed by atoms with Crippen molar-refractivity contribution in [2.45, 2.75) is 62.9 Å². The molecule has 18 heavy (non-hydrogen) atoms. The Balaban J connectivity index is 1.40. The summed E-state index contributed by atoms with van der Waals surface area (Å²) in [6.07, 6.45) is 7.55. The van der Waals surface area contributed by atoms with E-state index in [1.54, 1.807) is 0 Å². The largest absolute Gasteiger partial charge is 0.393 e. The molecule has 3 fully saturated rings. The Morgan fingerprint density at radius 2 is 1.78 bits per heavy atom. The van der Waals surface area contributed by atoms with Gasteiger partial charge in [0, 0.05) is 25.4 Å². The van der Waals surface area contributed by atoms with Crippen LogP contribution in [0, 0.1) is 5.92 Å². The Kier molecular flexibility index (Phi) is 3.89. The molecular weight excluding hydrogens is 230 g/mol. The van der Waals surface area contributed by atoms with Crippen LogP contribution in [-0.4, -0.2) is 42.8 Å². The zero-order valence-corrected chi connectivity index (χ0v) is 11.1. The predicted molar refractivity (Wildman–Crippen MR) is 68.2 cm³/mol. The molecule has 2 unspecified atom stereocenters. The molecule has 1 spiro atoms. The highest BCUT2D eigenvalue weighted by molar-refractivity contribution is 4.87. The quantitative estimate of drug-likeness (QED) is 0.801. The van der Waals surface area contributed by atoms with E-state index in [2.05, 4.69) is 5.32 Å². The summed E-state index contributed by atoms with van der Waals surface area (Å²) in [6, 6.07) is 0.580. The second-order valence-corrected chi connectivity index (χ2v) is 6.05. The first kappa shape index (κ1) is 12.9. The van der Waals surface area contributed by atoms with Gasteiger partial charge in [-0.3, -0.25) is 0 Å². The van der Waals surface area contributed by atoms with Crippen LogP contribution in [0.3, 0.4) is 0 Å². The maximum absolute atomic E-state index is 9.81. The molecule has 4 nitrogen and oxygen atoms in total. The van der Waals surface area contributed by atoms with Gasteiger partial charge in [0.2, 0.25) is 0 Å². The van der Waals surface area contributed by atoms with Gasteiger partial charge in [-0.25, -0.2) is 0 Å². The van der Waals surface area contributed by atoms with Gasteiger partial charge in [0.05, 0.1) is 19.3 Å². The Morgan fingerprint density at radius 1 is 1.06 bits per heavy atom. The molecule has 3 aliphatic rings. The van der Waals surface area contributed by atoms with Crippen LogP contribution < -0.4 is 5.32 Å². The van der Waals surface area contributed by atoms with E-state index < -0.39 is 0 Å². The zero-order chi connectivity index (χ0) is 12.4. The second kappa shape index (κ2) is 5.45. The average molecular weight is 255 g/mol. The number of nitrogens with one attached hydrogen (secondary N) is 1. The van der Waals surface area contributed by atoms with Crippen molar-refractivity contribution >= 4 is 0 Å². The predicted octanol–water partition coefficient (Wildman–Crippen LogP) is 1.42. The number of hydrogen-bond acceptors (Lipinski definition) is 4. The minimum Gasteiger partial charge on any atom is -0.393 e. The summed E-state index contributed by atoms with van der Waals surface area (Å²) in [7, 11) is 0. The van der Waals surface area contributed by atoms with Crippen molar-refractivity contribution in [3.05, 3.63) is 0 Å². The first-order valence-corrected chi connectivity index (χ1v) is 7.47. The lowest BCUT2D eigenvalue weighted by molar-refractivity contribution is -0.179. The number of aliphatic hydroxyl groups is 1. The van der Waals surface area contributed by atoms with Crippen LogP contribution in [0.15, 0.2) is 0 Å². The average Bonchev–Trinajstić information content (AvgIpc) is 2.99. The third-order valence-electron chi connectivity index (χ3n) is 4.85. The highest BCUT2D eigenvalue weighted by atomic mass is 16.7. The van der Waals surface area contributed by atoms with Crippen LogP contribution in [0.2, 0.25) is 0 Å². The second-order valence-electron chi connectivity index (χ2n) is 6.05. The maximum Gasteiger partial charge on any atom is 0.168 e. The molecule has 104 valence electrons. The van der Waals surface area contributed by atoms with Crippen LogP contribution in [0.4, 0.5) is 0 Å². The third kappa shape index (κ3) is 2.72. The van der Waals surface area contributed by atoms with Gasteiger partial charge in [-0.15, -0.1) is 0 Å². The molecule has 0 radical (unpaired) electrons. The first-order chi connectivity index (χ1) is 8.77. The van der Waals surface area contributed by atoms with Gasteiger partial charge in [0.25, 0.3) is 0 Å². The molecule has 3 rings (SSSR count). The number of ether oxygens (including phenoxy) is 2. The van der Waals surface area contributed by atoms with Crippen molar-refractivity contribution in [1.29, 1.82) is 0 Å². The molecule has 2 aliphatic carbocycles. The fraction of sp³-hybridized carbons (Fsp3) is 1.00. The summed E-state index contributed by atoms with van der Waals surface area (Å²) < 4.78 is 11.5. The minimum absolute atomic E-state index is 0.0751. The molecule has 2 atom stereocenters. The summed E-state index contributed by atoms with van der Waals surface area (Å²) in [4.78, 5) is 0. The van der Waals surface area contributed by atoms with Crippen molar-refractivity contribution in [2.24, 2.45) is 5.92 Å². The van der Waals surface area contributed by atoms with E-state index in [9.17, 15) is 5.11 Å². The number of hydrogen-bond donors (Lipinski definition) is 2. The Labute approximate surface area is 109 Å². The minimum atomic E-state index is -0.245. The number of aliphatic hydroxyl groups excluding tert-OH is 1. The fourth-order valence-corrected chi connectivity index (χ4v) is 3.62. The normalized spacial score (nSPS) is 36.5. The van der Waals surface area contributed by atoms with Crippen LogP contribution in [0.25, 0.3) is 0 Å². The summed E-state index contributed by atoms with van der Waals surface area (Å²) in [5.41, 5.74) is 0. The third-order valence-corrected chi connectivity index (χ3v) is 4.85. The maximum atomic E-state index is 9.81. The summed E-state index contributed by atoms with van der Waals surface area (Å²) in [6.45, 7) is 2.49. The molecule has 0 bridgehead atoms. The zero-order valence-electron chi connectivity index (χ0n) is 11.1. The van der Waals surface area contributed by atoms with Crippen molar-refractivity contribution in [2.75, 3.05) is 19.8 Å². The number of rotatable bonds is 3. The van der Waals surface area contributed by atoms with Gasteiger partial charge < -0.3 is 19.9 Å². The molecule has 2 saturated carbocycles. The lowest BCUT2D eigenvalue weighted by Gasteiger charge is -2.36. The molecule has 1 saturated heterocycles. The van der Waals surface area contributed by atoms with E-state index in [1.807, 2.05) is 0 Å². The van der Waals surface area contributed by atoms with Crippen molar-refractivity contribution in [3.63, 3.8) is 0 Å². The van der Waals surface area contributed by atoms with Gasteiger partial charge in [-0.2, -0.15) is 0 Å². The van der Waals surface area contributed by atoms with Crippen LogP contribution in [0.5, 0.6) is 0 Å².